The van der Waals surface area contributed by atoms with Crippen molar-refractivity contribution in [2.45, 2.75) is 13.3 Å². The van der Waals surface area contributed by atoms with Gasteiger partial charge in [-0.2, -0.15) is 0 Å². The number of rotatable bonds is 4. The van der Waals surface area contributed by atoms with Crippen LogP contribution in [0.1, 0.15) is 13.3 Å². The first-order chi connectivity index (χ1) is 6.25. The summed E-state index contributed by atoms with van der Waals surface area (Å²) in [5.74, 6) is 0.799. The van der Waals surface area contributed by atoms with Gasteiger partial charge in [0.25, 0.3) is 0 Å². The molecular weight excluding hydrogens is 164 g/mol. The Morgan fingerprint density at radius 1 is 1.69 bits per heavy atom. The maximum Gasteiger partial charge on any atom is 0.224 e. The van der Waals surface area contributed by atoms with E-state index in [1.54, 1.807) is 0 Å². The van der Waals surface area contributed by atoms with E-state index in [1.807, 2.05) is 6.08 Å². The lowest BCUT2D eigenvalue weighted by Gasteiger charge is -2.13. The smallest absolute Gasteiger partial charge is 0.224 e. The quantitative estimate of drug-likeness (QED) is 0.492. The van der Waals surface area contributed by atoms with Gasteiger partial charge in [-0.1, -0.05) is 13.0 Å². The fourth-order valence-electron chi connectivity index (χ4n) is 1.59. The molecule has 1 aliphatic heterocycles. The third-order valence-electron chi connectivity index (χ3n) is 2.50. The Kier molecular flexibility index (Phi) is 3.96. The molecule has 0 radical (unpaired) electrons. The molecule has 3 heteroatoms. The molecule has 0 bridgehead atoms. The molecule has 1 fully saturated rings. The molecule has 0 aromatic heterocycles. The van der Waals surface area contributed by atoms with E-state index < -0.39 is 0 Å². The summed E-state index contributed by atoms with van der Waals surface area (Å²) in [6, 6.07) is 0. The molecule has 0 aliphatic carbocycles. The van der Waals surface area contributed by atoms with Gasteiger partial charge in [0.1, 0.15) is 0 Å². The molecule has 0 spiro atoms. The molecule has 0 saturated carbocycles. The molecule has 13 heavy (non-hydrogen) atoms. The third kappa shape index (κ3) is 2.84. The van der Waals surface area contributed by atoms with Gasteiger partial charge in [0.05, 0.1) is 5.92 Å². The van der Waals surface area contributed by atoms with Crippen molar-refractivity contribution in [1.29, 1.82) is 0 Å². The highest BCUT2D eigenvalue weighted by molar-refractivity contribution is 5.79. The second-order valence-electron chi connectivity index (χ2n) is 3.61. The average molecular weight is 182 g/mol. The van der Waals surface area contributed by atoms with Crippen LogP contribution in [0.3, 0.4) is 0 Å². The van der Waals surface area contributed by atoms with Crippen molar-refractivity contribution < 1.29 is 4.79 Å². The van der Waals surface area contributed by atoms with E-state index >= 15 is 0 Å². The fraction of sp³-hybridized carbons (Fsp3) is 0.700. The lowest BCUT2D eigenvalue weighted by Crippen LogP contribution is -2.34. The Hall–Kier alpha value is -0.830. The van der Waals surface area contributed by atoms with Gasteiger partial charge in [-0.05, 0) is 18.9 Å². The number of hydrogen-bond acceptors (Lipinski definition) is 2. The predicted octanol–water partition coefficient (Wildman–Crippen LogP) is 0.534. The van der Waals surface area contributed by atoms with Crippen molar-refractivity contribution in [1.82, 2.24) is 10.6 Å². The van der Waals surface area contributed by atoms with Crippen LogP contribution in [0, 0.1) is 11.8 Å². The molecule has 1 saturated heterocycles. The zero-order chi connectivity index (χ0) is 9.68. The van der Waals surface area contributed by atoms with Crippen molar-refractivity contribution in [2.24, 2.45) is 11.8 Å². The van der Waals surface area contributed by atoms with Crippen LogP contribution in [-0.2, 0) is 4.79 Å². The maximum absolute atomic E-state index is 11.5. The van der Waals surface area contributed by atoms with E-state index in [0.717, 1.165) is 19.5 Å². The Morgan fingerprint density at radius 3 is 3.00 bits per heavy atom. The highest BCUT2D eigenvalue weighted by atomic mass is 16.1. The Balaban J connectivity index is 2.26. The Bertz CT molecular complexity index is 191. The summed E-state index contributed by atoms with van der Waals surface area (Å²) in [6.07, 6.45) is 2.66. The maximum atomic E-state index is 11.5. The fourth-order valence-corrected chi connectivity index (χ4v) is 1.59. The lowest BCUT2D eigenvalue weighted by molar-refractivity contribution is -0.125. The van der Waals surface area contributed by atoms with Crippen molar-refractivity contribution in [3.05, 3.63) is 12.7 Å². The Morgan fingerprint density at radius 2 is 2.46 bits per heavy atom. The van der Waals surface area contributed by atoms with Crippen LogP contribution in [0.25, 0.3) is 0 Å². The number of hydrogen-bond donors (Lipinski definition) is 2. The van der Waals surface area contributed by atoms with Crippen molar-refractivity contribution in [2.75, 3.05) is 19.6 Å². The van der Waals surface area contributed by atoms with Crippen LogP contribution in [0.4, 0.5) is 0 Å². The monoisotopic (exact) mass is 182 g/mol. The molecule has 0 aromatic carbocycles. The molecule has 74 valence electrons. The number of amides is 1. The zero-order valence-corrected chi connectivity index (χ0v) is 8.18. The molecule has 2 unspecified atom stereocenters. The van der Waals surface area contributed by atoms with Crippen LogP contribution in [0.2, 0.25) is 0 Å². The van der Waals surface area contributed by atoms with Gasteiger partial charge in [-0.25, -0.2) is 0 Å². The molecule has 1 amide bonds. The number of nitrogens with one attached hydrogen (secondary N) is 2. The molecule has 3 nitrogen and oxygen atoms in total. The summed E-state index contributed by atoms with van der Waals surface area (Å²) in [6.45, 7) is 8.21. The van der Waals surface area contributed by atoms with Crippen LogP contribution < -0.4 is 10.6 Å². The molecular formula is C10H18N2O. The van der Waals surface area contributed by atoms with Gasteiger partial charge in [-0.15, -0.1) is 6.58 Å². The van der Waals surface area contributed by atoms with Crippen molar-refractivity contribution in [3.63, 3.8) is 0 Å². The van der Waals surface area contributed by atoms with Crippen LogP contribution >= 0.6 is 0 Å². The zero-order valence-electron chi connectivity index (χ0n) is 8.18. The molecule has 1 aliphatic rings. The van der Waals surface area contributed by atoms with Crippen LogP contribution in [0.5, 0.6) is 0 Å². The highest BCUT2D eigenvalue weighted by Gasteiger charge is 2.28. The molecule has 1 heterocycles. The van der Waals surface area contributed by atoms with Gasteiger partial charge in [-0.3, -0.25) is 4.79 Å². The largest absolute Gasteiger partial charge is 0.356 e. The second-order valence-corrected chi connectivity index (χ2v) is 3.61. The summed E-state index contributed by atoms with van der Waals surface area (Å²) >= 11 is 0. The van der Waals surface area contributed by atoms with Crippen molar-refractivity contribution in [3.8, 4) is 0 Å². The minimum atomic E-state index is 0.157. The standard InChI is InChI=1S/C10H18N2O/c1-3-4-5-12-10(13)9-7-11-6-8(9)2/h3,8-9,11H,1,4-7H2,2H3,(H,12,13). The Labute approximate surface area is 79.6 Å². The first-order valence-corrected chi connectivity index (χ1v) is 4.85. The average Bonchev–Trinajstić information content (AvgIpc) is 2.52. The van der Waals surface area contributed by atoms with Gasteiger partial charge < -0.3 is 10.6 Å². The SMILES string of the molecule is C=CCCNC(=O)C1CNCC1C. The normalized spacial score (nSPS) is 27.2. The summed E-state index contributed by atoms with van der Waals surface area (Å²) < 4.78 is 0. The summed E-state index contributed by atoms with van der Waals surface area (Å²) in [7, 11) is 0. The van der Waals surface area contributed by atoms with Gasteiger partial charge in [0.15, 0.2) is 0 Å². The first kappa shape index (κ1) is 10.3. The van der Waals surface area contributed by atoms with E-state index in [-0.39, 0.29) is 11.8 Å². The van der Waals surface area contributed by atoms with Gasteiger partial charge in [0.2, 0.25) is 5.91 Å². The molecule has 2 N–H and O–H groups in total. The van der Waals surface area contributed by atoms with Crippen molar-refractivity contribution >= 4 is 5.91 Å². The van der Waals surface area contributed by atoms with Gasteiger partial charge in [0, 0.05) is 13.1 Å². The highest BCUT2D eigenvalue weighted by Crippen LogP contribution is 2.15. The van der Waals surface area contributed by atoms with E-state index in [1.165, 1.54) is 0 Å². The minimum Gasteiger partial charge on any atom is -0.356 e. The number of carbonyl (C=O) groups excluding carboxylic acids is 1. The lowest BCUT2D eigenvalue weighted by atomic mass is 9.97. The minimum absolute atomic E-state index is 0.157. The topological polar surface area (TPSA) is 41.1 Å². The van der Waals surface area contributed by atoms with Crippen LogP contribution in [-0.4, -0.2) is 25.5 Å². The molecule has 0 aromatic rings. The van der Waals surface area contributed by atoms with E-state index in [0.29, 0.717) is 12.5 Å². The van der Waals surface area contributed by atoms with E-state index in [2.05, 4.69) is 24.1 Å². The second kappa shape index (κ2) is 5.02. The van der Waals surface area contributed by atoms with Gasteiger partial charge >= 0.3 is 0 Å². The third-order valence-corrected chi connectivity index (χ3v) is 2.50. The summed E-state index contributed by atoms with van der Waals surface area (Å²) in [4.78, 5) is 11.5. The van der Waals surface area contributed by atoms with E-state index in [9.17, 15) is 4.79 Å². The molecule has 2 atom stereocenters. The molecule has 1 rings (SSSR count). The first-order valence-electron chi connectivity index (χ1n) is 4.85. The summed E-state index contributed by atoms with van der Waals surface area (Å²) in [5.41, 5.74) is 0. The summed E-state index contributed by atoms with van der Waals surface area (Å²) in [5, 5.41) is 6.12. The van der Waals surface area contributed by atoms with Crippen LogP contribution in [0.15, 0.2) is 12.7 Å². The van der Waals surface area contributed by atoms with E-state index in [4.69, 9.17) is 0 Å². The number of carbonyl (C=O) groups is 1. The predicted molar refractivity (Wildman–Crippen MR) is 53.3 cm³/mol.